The zero-order valence-corrected chi connectivity index (χ0v) is 14.5. The molecule has 0 spiro atoms. The normalized spacial score (nSPS) is 24.8. The Labute approximate surface area is 145 Å². The zero-order valence-electron chi connectivity index (χ0n) is 14.5. The number of nitrogens with one attached hydrogen (secondary N) is 2. The Bertz CT molecular complexity index is 831. The largest absolute Gasteiger partial charge is 0.550 e. The first kappa shape index (κ1) is 17.1. The molecule has 2 atom stereocenters. The number of para-hydroxylation sites is 1. The molecular formula is C18H21N4O3-. The number of carboxylic acids is 1. The molecule has 1 aromatic carbocycles. The van der Waals surface area contributed by atoms with E-state index in [0.717, 1.165) is 10.9 Å². The molecule has 2 aromatic rings. The van der Waals surface area contributed by atoms with Gasteiger partial charge in [-0.25, -0.2) is 9.97 Å². The van der Waals surface area contributed by atoms with E-state index < -0.39 is 22.7 Å². The predicted molar refractivity (Wildman–Crippen MR) is 90.9 cm³/mol. The summed E-state index contributed by atoms with van der Waals surface area (Å²) < 4.78 is 0. The highest BCUT2D eigenvalue weighted by molar-refractivity contribution is 5.90. The van der Waals surface area contributed by atoms with Crippen LogP contribution in [0.3, 0.4) is 0 Å². The molecule has 132 valence electrons. The SMILES string of the molecule is CC1(C)[C@@H](C(=O)NNc2ncnc3ccccc23)CC[C@]1(C)C(=O)[O-]. The Morgan fingerprint density at radius 3 is 2.60 bits per heavy atom. The fourth-order valence-corrected chi connectivity index (χ4v) is 3.64. The molecule has 3 rings (SSSR count). The van der Waals surface area contributed by atoms with Crippen molar-refractivity contribution in [3.8, 4) is 0 Å². The molecule has 0 bridgehead atoms. The minimum atomic E-state index is -1.11. The van der Waals surface area contributed by atoms with Gasteiger partial charge in [0.05, 0.1) is 5.52 Å². The number of carbonyl (C=O) groups is 2. The predicted octanol–water partition coefficient (Wildman–Crippen LogP) is 1.27. The monoisotopic (exact) mass is 341 g/mol. The summed E-state index contributed by atoms with van der Waals surface area (Å²) in [4.78, 5) is 32.5. The molecule has 0 radical (unpaired) electrons. The van der Waals surface area contributed by atoms with Crippen LogP contribution in [0.1, 0.15) is 33.6 Å². The van der Waals surface area contributed by atoms with Crippen molar-refractivity contribution < 1.29 is 14.7 Å². The second kappa shape index (κ2) is 5.98. The minimum Gasteiger partial charge on any atom is -0.550 e. The molecule has 0 saturated heterocycles. The molecule has 0 aliphatic heterocycles. The molecule has 1 amide bonds. The van der Waals surface area contributed by atoms with Crippen LogP contribution in [0.5, 0.6) is 0 Å². The topological polar surface area (TPSA) is 107 Å². The van der Waals surface area contributed by atoms with Crippen molar-refractivity contribution in [2.24, 2.45) is 16.7 Å². The Hall–Kier alpha value is -2.70. The highest BCUT2D eigenvalue weighted by Gasteiger charge is 2.54. The van der Waals surface area contributed by atoms with Crippen LogP contribution in [-0.2, 0) is 9.59 Å². The molecule has 1 aromatic heterocycles. The number of hydrogen-bond acceptors (Lipinski definition) is 6. The van der Waals surface area contributed by atoms with Gasteiger partial charge in [-0.05, 0) is 30.4 Å². The van der Waals surface area contributed by atoms with E-state index in [1.165, 1.54) is 6.33 Å². The number of carboxylic acid groups (broad SMARTS) is 1. The van der Waals surface area contributed by atoms with Crippen molar-refractivity contribution in [2.75, 3.05) is 5.43 Å². The van der Waals surface area contributed by atoms with Gasteiger partial charge in [-0.3, -0.25) is 15.6 Å². The maximum atomic E-state index is 12.7. The first-order valence-electron chi connectivity index (χ1n) is 8.24. The van der Waals surface area contributed by atoms with Crippen molar-refractivity contribution in [3.63, 3.8) is 0 Å². The average Bonchev–Trinajstić information content (AvgIpc) is 2.83. The van der Waals surface area contributed by atoms with Crippen LogP contribution in [0.2, 0.25) is 0 Å². The first-order valence-corrected chi connectivity index (χ1v) is 8.24. The third kappa shape index (κ3) is 2.69. The molecule has 1 fully saturated rings. The van der Waals surface area contributed by atoms with E-state index in [4.69, 9.17) is 0 Å². The molecule has 1 heterocycles. The lowest BCUT2D eigenvalue weighted by Crippen LogP contribution is -2.50. The molecule has 0 unspecified atom stereocenters. The first-order chi connectivity index (χ1) is 11.8. The fourth-order valence-electron chi connectivity index (χ4n) is 3.64. The van der Waals surface area contributed by atoms with E-state index in [-0.39, 0.29) is 5.91 Å². The van der Waals surface area contributed by atoms with Crippen LogP contribution >= 0.6 is 0 Å². The van der Waals surface area contributed by atoms with E-state index in [9.17, 15) is 14.7 Å². The van der Waals surface area contributed by atoms with Crippen molar-refractivity contribution in [1.82, 2.24) is 15.4 Å². The minimum absolute atomic E-state index is 0.252. The third-order valence-corrected chi connectivity index (χ3v) is 5.84. The number of carbonyl (C=O) groups excluding carboxylic acids is 2. The summed E-state index contributed by atoms with van der Waals surface area (Å²) in [5.74, 6) is -1.30. The Balaban J connectivity index is 1.76. The summed E-state index contributed by atoms with van der Waals surface area (Å²) in [5.41, 5.74) is 4.53. The number of amides is 1. The molecule has 7 heteroatoms. The van der Waals surface area contributed by atoms with Gasteiger partial charge >= 0.3 is 0 Å². The van der Waals surface area contributed by atoms with E-state index in [1.807, 2.05) is 24.3 Å². The van der Waals surface area contributed by atoms with Gasteiger partial charge < -0.3 is 9.90 Å². The zero-order chi connectivity index (χ0) is 18.2. The molecule has 1 aliphatic carbocycles. The molecule has 2 N–H and O–H groups in total. The standard InChI is InChI=1S/C18H22N4O3/c1-17(2)12(8-9-18(17,3)16(24)25)15(23)22-21-14-11-6-4-5-7-13(11)19-10-20-14/h4-7,10,12H,8-9H2,1-3H3,(H,22,23)(H,24,25)(H,19,20,21)/p-1/t12-,18-/m1/s1. The second-order valence-electron chi connectivity index (χ2n) is 7.29. The lowest BCUT2D eigenvalue weighted by molar-refractivity contribution is -0.323. The van der Waals surface area contributed by atoms with E-state index in [1.54, 1.807) is 20.8 Å². The van der Waals surface area contributed by atoms with Crippen LogP contribution in [0.15, 0.2) is 30.6 Å². The van der Waals surface area contributed by atoms with Gasteiger partial charge in [0.15, 0.2) is 5.82 Å². The summed E-state index contributed by atoms with van der Waals surface area (Å²) in [6.07, 6.45) is 2.33. The van der Waals surface area contributed by atoms with E-state index in [2.05, 4.69) is 20.8 Å². The lowest BCUT2D eigenvalue weighted by atomic mass is 9.65. The summed E-state index contributed by atoms with van der Waals surface area (Å²) in [7, 11) is 0. The van der Waals surface area contributed by atoms with Crippen LogP contribution < -0.4 is 16.0 Å². The maximum Gasteiger partial charge on any atom is 0.242 e. The number of benzene rings is 1. The number of anilines is 1. The highest BCUT2D eigenvalue weighted by Crippen LogP contribution is 2.55. The van der Waals surface area contributed by atoms with Crippen LogP contribution in [0.4, 0.5) is 5.82 Å². The molecular weight excluding hydrogens is 320 g/mol. The number of fused-ring (bicyclic) bond motifs is 1. The van der Waals surface area contributed by atoms with Gasteiger partial charge in [0.25, 0.3) is 0 Å². The quantitative estimate of drug-likeness (QED) is 0.811. The van der Waals surface area contributed by atoms with Gasteiger partial charge in [0, 0.05) is 22.7 Å². The Morgan fingerprint density at radius 1 is 1.20 bits per heavy atom. The summed E-state index contributed by atoms with van der Waals surface area (Å²) in [6, 6.07) is 7.45. The average molecular weight is 341 g/mol. The summed E-state index contributed by atoms with van der Waals surface area (Å²) in [6.45, 7) is 5.27. The number of aliphatic carboxylic acids is 1. The van der Waals surface area contributed by atoms with E-state index in [0.29, 0.717) is 18.7 Å². The lowest BCUT2D eigenvalue weighted by Gasteiger charge is -2.41. The smallest absolute Gasteiger partial charge is 0.242 e. The number of hydrogen-bond donors (Lipinski definition) is 2. The highest BCUT2D eigenvalue weighted by atomic mass is 16.4. The van der Waals surface area contributed by atoms with Gasteiger partial charge in [-0.1, -0.05) is 32.9 Å². The van der Waals surface area contributed by atoms with Crippen LogP contribution in [0, 0.1) is 16.7 Å². The van der Waals surface area contributed by atoms with Crippen molar-refractivity contribution in [3.05, 3.63) is 30.6 Å². The molecule has 25 heavy (non-hydrogen) atoms. The Morgan fingerprint density at radius 2 is 1.92 bits per heavy atom. The molecule has 1 saturated carbocycles. The number of aromatic nitrogens is 2. The van der Waals surface area contributed by atoms with Gasteiger partial charge in [0.2, 0.25) is 5.91 Å². The van der Waals surface area contributed by atoms with Gasteiger partial charge in [-0.2, -0.15) is 0 Å². The van der Waals surface area contributed by atoms with Gasteiger partial charge in [0.1, 0.15) is 6.33 Å². The van der Waals surface area contributed by atoms with Gasteiger partial charge in [-0.15, -0.1) is 0 Å². The number of nitrogens with zero attached hydrogens (tertiary/aromatic N) is 2. The fraction of sp³-hybridized carbons (Fsp3) is 0.444. The van der Waals surface area contributed by atoms with E-state index >= 15 is 0 Å². The number of hydrazine groups is 1. The molecule has 1 aliphatic rings. The van der Waals surface area contributed by atoms with Crippen LogP contribution in [-0.4, -0.2) is 21.8 Å². The molecule has 7 nitrogen and oxygen atoms in total. The van der Waals surface area contributed by atoms with Crippen LogP contribution in [0.25, 0.3) is 10.9 Å². The number of rotatable bonds is 4. The van der Waals surface area contributed by atoms with Crippen molar-refractivity contribution in [2.45, 2.75) is 33.6 Å². The van der Waals surface area contributed by atoms with Crippen molar-refractivity contribution >= 4 is 28.6 Å². The Kier molecular flexibility index (Phi) is 4.10. The van der Waals surface area contributed by atoms with Crippen molar-refractivity contribution in [1.29, 1.82) is 0 Å². The third-order valence-electron chi connectivity index (χ3n) is 5.84. The maximum absolute atomic E-state index is 12.7. The summed E-state index contributed by atoms with van der Waals surface area (Å²) in [5, 5.41) is 12.3. The summed E-state index contributed by atoms with van der Waals surface area (Å²) >= 11 is 0. The second-order valence-corrected chi connectivity index (χ2v) is 7.29.